The van der Waals surface area contributed by atoms with E-state index in [4.69, 9.17) is 9.47 Å². The van der Waals surface area contributed by atoms with Crippen LogP contribution in [-0.2, 0) is 14.3 Å². The third kappa shape index (κ3) is 4.63. The van der Waals surface area contributed by atoms with Gasteiger partial charge in [-0.2, -0.15) is 9.78 Å². The molecule has 0 radical (unpaired) electrons. The van der Waals surface area contributed by atoms with Crippen LogP contribution in [0.3, 0.4) is 0 Å². The third-order valence-corrected chi connectivity index (χ3v) is 7.11. The Labute approximate surface area is 221 Å². The fourth-order valence-electron chi connectivity index (χ4n) is 4.36. The molecule has 3 heterocycles. The van der Waals surface area contributed by atoms with Gasteiger partial charge in [-0.25, -0.2) is 4.79 Å². The number of nitrogens with zero attached hydrogens (tertiary/aromatic N) is 3. The lowest BCUT2D eigenvalue weighted by atomic mass is 10.1. The van der Waals surface area contributed by atoms with Gasteiger partial charge in [-0.3, -0.25) is 14.4 Å². The molecule has 38 heavy (non-hydrogen) atoms. The van der Waals surface area contributed by atoms with Crippen LogP contribution in [0.4, 0.5) is 10.7 Å². The zero-order chi connectivity index (χ0) is 26.8. The number of amides is 2. The molecular weight excluding hydrogens is 508 g/mol. The highest BCUT2D eigenvalue weighted by atomic mass is 32.1. The summed E-state index contributed by atoms with van der Waals surface area (Å²) in [6.45, 7) is 2.03. The Kier molecular flexibility index (Phi) is 6.93. The standard InChI is InChI=1S/C27H24N4O6S/c1-3-37-27(35)23-20-15-38-25(22(20)26(34)31(29-23)18-10-7-11-19(13-18)36-2)28-24(33)16-12-21(32)30(14-16)17-8-5-4-6-9-17/h4-11,13,15-16H,3,12,14H2,1-2H3,(H,28,33). The monoisotopic (exact) mass is 532 g/mol. The molecular formula is C27H24N4O6S. The van der Waals surface area contributed by atoms with Crippen LogP contribution in [0.25, 0.3) is 16.5 Å². The number of carbonyl (C=O) groups is 3. The molecule has 1 aliphatic rings. The molecule has 4 aromatic rings. The summed E-state index contributed by atoms with van der Waals surface area (Å²) in [5.74, 6) is -1.33. The summed E-state index contributed by atoms with van der Waals surface area (Å²) in [6, 6.07) is 15.8. The zero-order valence-corrected chi connectivity index (χ0v) is 21.5. The summed E-state index contributed by atoms with van der Waals surface area (Å²) in [6.07, 6.45) is 0.0493. The normalized spacial score (nSPS) is 15.1. The molecule has 194 valence electrons. The summed E-state index contributed by atoms with van der Waals surface area (Å²) in [4.78, 5) is 53.8. The number of nitrogens with one attached hydrogen (secondary N) is 1. The maximum atomic E-state index is 13.6. The summed E-state index contributed by atoms with van der Waals surface area (Å²) < 4.78 is 11.5. The fourth-order valence-corrected chi connectivity index (χ4v) is 5.30. The number of thiophene rings is 1. The van der Waals surface area contributed by atoms with Crippen molar-refractivity contribution in [2.24, 2.45) is 5.92 Å². The minimum atomic E-state index is -0.690. The van der Waals surface area contributed by atoms with Gasteiger partial charge < -0.3 is 19.7 Å². The van der Waals surface area contributed by atoms with Crippen LogP contribution in [0, 0.1) is 5.92 Å². The van der Waals surface area contributed by atoms with E-state index in [2.05, 4.69) is 10.4 Å². The van der Waals surface area contributed by atoms with Gasteiger partial charge in [0.2, 0.25) is 11.8 Å². The molecule has 0 saturated carbocycles. The molecule has 0 spiro atoms. The summed E-state index contributed by atoms with van der Waals surface area (Å²) in [7, 11) is 1.50. The van der Waals surface area contributed by atoms with Crippen molar-refractivity contribution in [3.05, 3.63) is 76.0 Å². The van der Waals surface area contributed by atoms with E-state index in [-0.39, 0.29) is 52.9 Å². The predicted molar refractivity (Wildman–Crippen MR) is 143 cm³/mol. The van der Waals surface area contributed by atoms with Crippen LogP contribution in [0.15, 0.2) is 64.8 Å². The van der Waals surface area contributed by atoms with Crippen molar-refractivity contribution in [1.29, 1.82) is 0 Å². The first-order valence-electron chi connectivity index (χ1n) is 11.9. The van der Waals surface area contributed by atoms with E-state index in [0.717, 1.165) is 21.7 Å². The van der Waals surface area contributed by atoms with E-state index in [1.807, 2.05) is 30.3 Å². The van der Waals surface area contributed by atoms with E-state index in [1.54, 1.807) is 41.5 Å². The van der Waals surface area contributed by atoms with Crippen molar-refractivity contribution < 1.29 is 23.9 Å². The molecule has 1 N–H and O–H groups in total. The lowest BCUT2D eigenvalue weighted by Crippen LogP contribution is -2.29. The Balaban J connectivity index is 1.52. The average molecular weight is 533 g/mol. The molecule has 1 aliphatic heterocycles. The number of ether oxygens (including phenoxy) is 2. The number of benzene rings is 2. The summed E-state index contributed by atoms with van der Waals surface area (Å²) in [5, 5.41) is 9.40. The van der Waals surface area contributed by atoms with Crippen molar-refractivity contribution >= 4 is 50.6 Å². The van der Waals surface area contributed by atoms with Crippen LogP contribution in [-0.4, -0.2) is 47.8 Å². The second-order valence-corrected chi connectivity index (χ2v) is 9.45. The Hall–Kier alpha value is -4.51. The van der Waals surface area contributed by atoms with Gasteiger partial charge >= 0.3 is 5.97 Å². The molecule has 0 aliphatic carbocycles. The minimum Gasteiger partial charge on any atom is -0.497 e. The van der Waals surface area contributed by atoms with Gasteiger partial charge in [0.05, 0.1) is 30.7 Å². The third-order valence-electron chi connectivity index (χ3n) is 6.22. The highest BCUT2D eigenvalue weighted by Gasteiger charge is 2.35. The topological polar surface area (TPSA) is 120 Å². The predicted octanol–water partition coefficient (Wildman–Crippen LogP) is 3.62. The van der Waals surface area contributed by atoms with E-state index in [1.165, 1.54) is 7.11 Å². The Morgan fingerprint density at radius 3 is 2.61 bits per heavy atom. The number of hydrogen-bond donors (Lipinski definition) is 1. The average Bonchev–Trinajstić information content (AvgIpc) is 3.53. The molecule has 1 saturated heterocycles. The van der Waals surface area contributed by atoms with Gasteiger partial charge in [-0.15, -0.1) is 11.3 Å². The second-order valence-electron chi connectivity index (χ2n) is 8.57. The van der Waals surface area contributed by atoms with Gasteiger partial charge in [0.25, 0.3) is 5.56 Å². The molecule has 11 heteroatoms. The number of carbonyl (C=O) groups excluding carboxylic acids is 3. The van der Waals surface area contributed by atoms with Gasteiger partial charge in [0, 0.05) is 35.5 Å². The molecule has 1 unspecified atom stereocenters. The first kappa shape index (κ1) is 25.2. The highest BCUT2D eigenvalue weighted by Crippen LogP contribution is 2.32. The molecule has 2 amide bonds. The van der Waals surface area contributed by atoms with Crippen molar-refractivity contribution in [2.45, 2.75) is 13.3 Å². The lowest BCUT2D eigenvalue weighted by molar-refractivity contribution is -0.122. The van der Waals surface area contributed by atoms with E-state index >= 15 is 0 Å². The van der Waals surface area contributed by atoms with Crippen LogP contribution in [0.2, 0.25) is 0 Å². The Morgan fingerprint density at radius 2 is 1.87 bits per heavy atom. The number of para-hydroxylation sites is 1. The number of anilines is 2. The van der Waals surface area contributed by atoms with Crippen molar-refractivity contribution in [2.75, 3.05) is 30.5 Å². The molecule has 2 aromatic carbocycles. The molecule has 0 bridgehead atoms. The maximum absolute atomic E-state index is 13.6. The molecule has 10 nitrogen and oxygen atoms in total. The van der Waals surface area contributed by atoms with E-state index in [9.17, 15) is 19.2 Å². The van der Waals surface area contributed by atoms with Crippen molar-refractivity contribution in [1.82, 2.24) is 9.78 Å². The number of aromatic nitrogens is 2. The van der Waals surface area contributed by atoms with Gasteiger partial charge in [-0.1, -0.05) is 24.3 Å². The highest BCUT2D eigenvalue weighted by molar-refractivity contribution is 7.16. The van der Waals surface area contributed by atoms with Gasteiger partial charge in [0.1, 0.15) is 10.8 Å². The Morgan fingerprint density at radius 1 is 1.11 bits per heavy atom. The number of hydrogen-bond acceptors (Lipinski definition) is 8. The minimum absolute atomic E-state index is 0.0488. The zero-order valence-electron chi connectivity index (χ0n) is 20.7. The largest absolute Gasteiger partial charge is 0.497 e. The summed E-state index contributed by atoms with van der Waals surface area (Å²) >= 11 is 1.11. The van der Waals surface area contributed by atoms with E-state index < -0.39 is 17.4 Å². The molecule has 1 atom stereocenters. The smallest absolute Gasteiger partial charge is 0.359 e. The quantitative estimate of drug-likeness (QED) is 0.361. The van der Waals surface area contributed by atoms with Crippen LogP contribution in [0.1, 0.15) is 23.8 Å². The number of rotatable bonds is 7. The van der Waals surface area contributed by atoms with Gasteiger partial charge in [-0.05, 0) is 31.2 Å². The van der Waals surface area contributed by atoms with Crippen LogP contribution < -0.4 is 20.5 Å². The first-order chi connectivity index (χ1) is 18.4. The van der Waals surface area contributed by atoms with Crippen molar-refractivity contribution in [3.8, 4) is 11.4 Å². The number of methoxy groups -OCH3 is 1. The number of fused-ring (bicyclic) bond motifs is 1. The maximum Gasteiger partial charge on any atom is 0.359 e. The lowest BCUT2D eigenvalue weighted by Gasteiger charge is -2.16. The molecule has 5 rings (SSSR count). The fraction of sp³-hybridized carbons (Fsp3) is 0.222. The van der Waals surface area contributed by atoms with Gasteiger partial charge in [0.15, 0.2) is 5.69 Å². The van der Waals surface area contributed by atoms with Crippen LogP contribution in [0.5, 0.6) is 5.75 Å². The molecule has 1 fully saturated rings. The number of esters is 1. The van der Waals surface area contributed by atoms with E-state index in [0.29, 0.717) is 11.4 Å². The van der Waals surface area contributed by atoms with Crippen molar-refractivity contribution in [3.63, 3.8) is 0 Å². The Bertz CT molecular complexity index is 1600. The SMILES string of the molecule is CCOC(=O)c1nn(-c2cccc(OC)c2)c(=O)c2c(NC(=O)C3CC(=O)N(c4ccccc4)C3)scc12. The molecule has 2 aromatic heterocycles. The van der Waals surface area contributed by atoms with Crippen LogP contribution >= 0.6 is 11.3 Å². The summed E-state index contributed by atoms with van der Waals surface area (Å²) in [5.41, 5.74) is 0.532. The first-order valence-corrected chi connectivity index (χ1v) is 12.8. The second kappa shape index (κ2) is 10.5.